The van der Waals surface area contributed by atoms with Crippen LogP contribution in [0.3, 0.4) is 0 Å². The Balaban J connectivity index is 1.67. The van der Waals surface area contributed by atoms with E-state index in [1.54, 1.807) is 30.3 Å². The van der Waals surface area contributed by atoms with Gasteiger partial charge >= 0.3 is 0 Å². The second-order valence-corrected chi connectivity index (χ2v) is 6.20. The molecule has 1 aliphatic heterocycles. The lowest BCUT2D eigenvalue weighted by molar-refractivity contribution is 0.0510. The van der Waals surface area contributed by atoms with Crippen LogP contribution in [-0.2, 0) is 4.74 Å². The molecule has 2 aromatic rings. The largest absolute Gasteiger partial charge is 0.384 e. The number of carbonyl (C=O) groups excluding carboxylic acids is 1. The van der Waals surface area contributed by atoms with Crippen LogP contribution in [0.2, 0.25) is 0 Å². The zero-order valence-corrected chi connectivity index (χ0v) is 13.9. The van der Waals surface area contributed by atoms with Crippen molar-refractivity contribution in [2.24, 2.45) is 5.41 Å². The van der Waals surface area contributed by atoms with Crippen molar-refractivity contribution in [1.82, 2.24) is 25.4 Å². The van der Waals surface area contributed by atoms with Crippen LogP contribution in [0.4, 0.5) is 0 Å². The highest BCUT2D eigenvalue weighted by molar-refractivity contribution is 5.92. The van der Waals surface area contributed by atoms with Crippen molar-refractivity contribution < 1.29 is 9.53 Å². The normalized spacial score (nSPS) is 16.7. The van der Waals surface area contributed by atoms with Crippen LogP contribution in [-0.4, -0.2) is 54.0 Å². The van der Waals surface area contributed by atoms with E-state index in [4.69, 9.17) is 4.74 Å². The summed E-state index contributed by atoms with van der Waals surface area (Å²) in [5.74, 6) is 0.458. The summed E-state index contributed by atoms with van der Waals surface area (Å²) in [6.07, 6.45) is 5.45. The molecule has 3 rings (SSSR count). The van der Waals surface area contributed by atoms with Gasteiger partial charge in [-0.15, -0.1) is 0 Å². The Labute approximate surface area is 141 Å². The van der Waals surface area contributed by atoms with Crippen LogP contribution in [0.15, 0.2) is 36.7 Å². The molecule has 128 valence electrons. The first kappa shape index (κ1) is 16.6. The maximum atomic E-state index is 12.5. The van der Waals surface area contributed by atoms with E-state index in [1.165, 1.54) is 0 Å². The number of piperidine rings is 1. The van der Waals surface area contributed by atoms with Crippen LogP contribution in [0, 0.1) is 5.41 Å². The number of aromatic nitrogens is 3. The fraction of sp³-hybridized carbons (Fsp3) is 0.471. The Hall–Kier alpha value is -2.25. The Morgan fingerprint density at radius 3 is 2.92 bits per heavy atom. The van der Waals surface area contributed by atoms with Gasteiger partial charge in [-0.1, -0.05) is 6.07 Å². The first-order valence-electron chi connectivity index (χ1n) is 8.17. The third-order valence-electron chi connectivity index (χ3n) is 4.44. The maximum Gasteiger partial charge on any atom is 0.269 e. The summed E-state index contributed by atoms with van der Waals surface area (Å²) in [7, 11) is 1.71. The molecular formula is C17H23N5O2. The van der Waals surface area contributed by atoms with E-state index in [9.17, 15) is 4.79 Å². The lowest BCUT2D eigenvalue weighted by Crippen LogP contribution is -2.47. The van der Waals surface area contributed by atoms with Crippen molar-refractivity contribution >= 4 is 5.91 Å². The molecule has 7 heteroatoms. The second-order valence-electron chi connectivity index (χ2n) is 6.20. The molecule has 0 atom stereocenters. The number of hydrogen-bond donors (Lipinski definition) is 2. The molecule has 0 unspecified atom stereocenters. The lowest BCUT2D eigenvalue weighted by Gasteiger charge is -2.37. The summed E-state index contributed by atoms with van der Waals surface area (Å²) < 4.78 is 7.02. The minimum absolute atomic E-state index is 0.00471. The summed E-state index contributed by atoms with van der Waals surface area (Å²) in [4.78, 5) is 16.9. The second kappa shape index (κ2) is 7.55. The summed E-state index contributed by atoms with van der Waals surface area (Å²) in [6, 6.07) is 7.17. The molecule has 2 aromatic heterocycles. The predicted octanol–water partition coefficient (Wildman–Crippen LogP) is 1.01. The maximum absolute atomic E-state index is 12.5. The number of carbonyl (C=O) groups is 1. The molecule has 2 N–H and O–H groups in total. The standard InChI is InChI=1S/C17H23N5O2/c1-24-13-17(6-9-18-10-7-17)12-19-16(23)14-4-2-5-15(21-14)22-11-3-8-20-22/h2-5,8,11,18H,6-7,9-10,12-13H2,1H3,(H,19,23). The van der Waals surface area contributed by atoms with Crippen molar-refractivity contribution in [2.45, 2.75) is 12.8 Å². The van der Waals surface area contributed by atoms with E-state index in [2.05, 4.69) is 20.7 Å². The van der Waals surface area contributed by atoms with Crippen molar-refractivity contribution in [2.75, 3.05) is 33.4 Å². The Morgan fingerprint density at radius 2 is 2.21 bits per heavy atom. The minimum Gasteiger partial charge on any atom is -0.384 e. The summed E-state index contributed by atoms with van der Waals surface area (Å²) in [5.41, 5.74) is 0.388. The fourth-order valence-electron chi connectivity index (χ4n) is 3.08. The van der Waals surface area contributed by atoms with Gasteiger partial charge in [-0.3, -0.25) is 4.79 Å². The molecule has 0 radical (unpaired) electrons. The molecule has 24 heavy (non-hydrogen) atoms. The van der Waals surface area contributed by atoms with Gasteiger partial charge in [-0.2, -0.15) is 5.10 Å². The van der Waals surface area contributed by atoms with Crippen molar-refractivity contribution in [3.05, 3.63) is 42.4 Å². The number of pyridine rings is 1. The van der Waals surface area contributed by atoms with E-state index in [1.807, 2.05) is 18.2 Å². The highest BCUT2D eigenvalue weighted by atomic mass is 16.5. The summed E-state index contributed by atoms with van der Waals surface area (Å²) >= 11 is 0. The number of hydrogen-bond acceptors (Lipinski definition) is 5. The van der Waals surface area contributed by atoms with E-state index in [-0.39, 0.29) is 11.3 Å². The van der Waals surface area contributed by atoms with E-state index >= 15 is 0 Å². The molecule has 3 heterocycles. The molecule has 1 amide bonds. The number of ether oxygens (including phenoxy) is 1. The zero-order valence-electron chi connectivity index (χ0n) is 13.9. The first-order valence-corrected chi connectivity index (χ1v) is 8.17. The van der Waals surface area contributed by atoms with Gasteiger partial charge in [-0.25, -0.2) is 9.67 Å². The molecule has 1 aliphatic rings. The molecule has 7 nitrogen and oxygen atoms in total. The molecule has 0 bridgehead atoms. The van der Waals surface area contributed by atoms with E-state index < -0.39 is 0 Å². The molecule has 0 saturated carbocycles. The zero-order chi connectivity index (χ0) is 16.8. The number of rotatable bonds is 6. The van der Waals surface area contributed by atoms with Crippen LogP contribution in [0.1, 0.15) is 23.3 Å². The SMILES string of the molecule is COCC1(CNC(=O)c2cccc(-n3cccn3)n2)CCNCC1. The average Bonchev–Trinajstić information content (AvgIpc) is 3.16. The monoisotopic (exact) mass is 329 g/mol. The van der Waals surface area contributed by atoms with Gasteiger partial charge in [0.25, 0.3) is 5.91 Å². The highest BCUT2D eigenvalue weighted by Gasteiger charge is 2.32. The first-order chi connectivity index (χ1) is 11.7. The molecular weight excluding hydrogens is 306 g/mol. The van der Waals surface area contributed by atoms with Gasteiger partial charge in [0.1, 0.15) is 5.69 Å². The van der Waals surface area contributed by atoms with Crippen molar-refractivity contribution in [3.8, 4) is 5.82 Å². The van der Waals surface area contributed by atoms with Gasteiger partial charge in [0.15, 0.2) is 5.82 Å². The third-order valence-corrected chi connectivity index (χ3v) is 4.44. The summed E-state index contributed by atoms with van der Waals surface area (Å²) in [5, 5.41) is 10.5. The lowest BCUT2D eigenvalue weighted by atomic mass is 9.79. The van der Waals surface area contributed by atoms with E-state index in [0.29, 0.717) is 24.7 Å². The van der Waals surface area contributed by atoms with Crippen LogP contribution in [0.5, 0.6) is 0 Å². The summed E-state index contributed by atoms with van der Waals surface area (Å²) in [6.45, 7) is 3.14. The Morgan fingerprint density at radius 1 is 1.38 bits per heavy atom. The average molecular weight is 329 g/mol. The molecule has 0 aliphatic carbocycles. The number of nitrogens with one attached hydrogen (secondary N) is 2. The Bertz CT molecular complexity index is 660. The smallest absolute Gasteiger partial charge is 0.269 e. The molecule has 1 saturated heterocycles. The highest BCUT2D eigenvalue weighted by Crippen LogP contribution is 2.28. The van der Waals surface area contributed by atoms with Crippen LogP contribution in [0.25, 0.3) is 5.82 Å². The van der Waals surface area contributed by atoms with Crippen LogP contribution < -0.4 is 10.6 Å². The number of nitrogens with zero attached hydrogens (tertiary/aromatic N) is 3. The number of methoxy groups -OCH3 is 1. The quantitative estimate of drug-likeness (QED) is 0.827. The molecule has 0 spiro atoms. The fourth-order valence-corrected chi connectivity index (χ4v) is 3.08. The van der Waals surface area contributed by atoms with Gasteiger partial charge in [0.05, 0.1) is 6.61 Å². The van der Waals surface area contributed by atoms with E-state index in [0.717, 1.165) is 25.9 Å². The van der Waals surface area contributed by atoms with Gasteiger partial charge in [0, 0.05) is 31.5 Å². The number of amides is 1. The topological polar surface area (TPSA) is 81.1 Å². The van der Waals surface area contributed by atoms with Crippen molar-refractivity contribution in [3.63, 3.8) is 0 Å². The van der Waals surface area contributed by atoms with Crippen molar-refractivity contribution in [1.29, 1.82) is 0 Å². The Kier molecular flexibility index (Phi) is 5.22. The van der Waals surface area contributed by atoms with Gasteiger partial charge in [-0.05, 0) is 44.1 Å². The molecule has 0 aromatic carbocycles. The predicted molar refractivity (Wildman–Crippen MR) is 90.1 cm³/mol. The van der Waals surface area contributed by atoms with Crippen LogP contribution >= 0.6 is 0 Å². The minimum atomic E-state index is -0.169. The van der Waals surface area contributed by atoms with Gasteiger partial charge < -0.3 is 15.4 Å². The third kappa shape index (κ3) is 3.80. The van der Waals surface area contributed by atoms with Gasteiger partial charge in [0.2, 0.25) is 0 Å². The molecule has 1 fully saturated rings.